The fourth-order valence-electron chi connectivity index (χ4n) is 2.49. The van der Waals surface area contributed by atoms with Crippen molar-refractivity contribution in [3.05, 3.63) is 48.0 Å². The fraction of sp³-hybridized carbons (Fsp3) is 0.316. The Kier molecular flexibility index (Phi) is 7.10. The van der Waals surface area contributed by atoms with Crippen molar-refractivity contribution in [1.29, 1.82) is 5.41 Å². The van der Waals surface area contributed by atoms with Crippen LogP contribution in [0.3, 0.4) is 0 Å². The van der Waals surface area contributed by atoms with Crippen molar-refractivity contribution in [2.45, 2.75) is 25.3 Å². The summed E-state index contributed by atoms with van der Waals surface area (Å²) in [6.45, 7) is 1.32. The van der Waals surface area contributed by atoms with Crippen LogP contribution in [0.2, 0.25) is 0 Å². The van der Waals surface area contributed by atoms with Gasteiger partial charge in [-0.25, -0.2) is 4.79 Å². The zero-order valence-corrected chi connectivity index (χ0v) is 14.1. The molecule has 0 radical (unpaired) electrons. The molecule has 0 aliphatic carbocycles. The molecule has 1 atom stereocenters. The van der Waals surface area contributed by atoms with Crippen molar-refractivity contribution in [2.24, 2.45) is 10.7 Å². The van der Waals surface area contributed by atoms with Gasteiger partial charge in [0, 0.05) is 19.2 Å². The topological polar surface area (TPSA) is 112 Å². The lowest BCUT2D eigenvalue weighted by Gasteiger charge is -2.08. The molecule has 0 aliphatic rings. The van der Waals surface area contributed by atoms with Crippen LogP contribution >= 0.6 is 0 Å². The number of hydrogen-bond donors (Lipinski definition) is 4. The normalized spacial score (nSPS) is 12.5. The van der Waals surface area contributed by atoms with Crippen LogP contribution < -0.4 is 11.1 Å². The Morgan fingerprint density at radius 1 is 1.24 bits per heavy atom. The summed E-state index contributed by atoms with van der Waals surface area (Å²) in [5.41, 5.74) is 6.16. The lowest BCUT2D eigenvalue weighted by Crippen LogP contribution is -2.24. The molecular weight excluding hydrogens is 316 g/mol. The maximum absolute atomic E-state index is 11.4. The van der Waals surface area contributed by atoms with E-state index in [4.69, 9.17) is 11.1 Å². The van der Waals surface area contributed by atoms with Crippen LogP contribution in [0, 0.1) is 5.41 Å². The maximum atomic E-state index is 11.4. The van der Waals surface area contributed by atoms with E-state index in [0.717, 1.165) is 16.3 Å². The molecule has 5 N–H and O–H groups in total. The van der Waals surface area contributed by atoms with Crippen LogP contribution in [-0.2, 0) is 4.79 Å². The van der Waals surface area contributed by atoms with Crippen LogP contribution in [0.4, 0.5) is 0 Å². The van der Waals surface area contributed by atoms with Gasteiger partial charge in [-0.15, -0.1) is 0 Å². The molecule has 0 bridgehead atoms. The predicted molar refractivity (Wildman–Crippen MR) is 102 cm³/mol. The number of aliphatic imine (C=N–C) groups is 1. The van der Waals surface area contributed by atoms with Crippen molar-refractivity contribution in [1.82, 2.24) is 5.32 Å². The van der Waals surface area contributed by atoms with Crippen molar-refractivity contribution in [2.75, 3.05) is 13.1 Å². The average Bonchev–Trinajstić information content (AvgIpc) is 2.59. The molecule has 0 saturated heterocycles. The standard InChI is InChI=1S/C19H24N4O2/c20-18(21)9-11-22-10-3-6-17(19(24)25)23-13-14-7-8-15-4-1-2-5-16(15)12-14/h1-2,4-5,7-8,12-13,17,22H,3,6,9-11H2,(H3,20,21)(H,24,25)/t17-/m0/s1. The average molecular weight is 340 g/mol. The first-order valence-corrected chi connectivity index (χ1v) is 8.34. The molecule has 0 spiro atoms. The highest BCUT2D eigenvalue weighted by molar-refractivity contribution is 5.91. The molecule has 0 heterocycles. The molecule has 2 aromatic rings. The maximum Gasteiger partial charge on any atom is 0.328 e. The van der Waals surface area contributed by atoms with E-state index in [-0.39, 0.29) is 5.84 Å². The molecule has 6 heteroatoms. The molecule has 132 valence electrons. The second kappa shape index (κ2) is 9.54. The predicted octanol–water partition coefficient (Wildman–Crippen LogP) is 2.41. The number of nitrogens with zero attached hydrogens (tertiary/aromatic N) is 1. The molecule has 0 aromatic heterocycles. The number of rotatable bonds is 10. The van der Waals surface area contributed by atoms with Gasteiger partial charge in [-0.05, 0) is 41.8 Å². The smallest absolute Gasteiger partial charge is 0.328 e. The van der Waals surface area contributed by atoms with E-state index in [2.05, 4.69) is 10.3 Å². The zero-order chi connectivity index (χ0) is 18.1. The minimum Gasteiger partial charge on any atom is -0.480 e. The number of amidine groups is 1. The Hall–Kier alpha value is -2.73. The van der Waals surface area contributed by atoms with Crippen molar-refractivity contribution in [3.8, 4) is 0 Å². The third-order valence-electron chi connectivity index (χ3n) is 3.86. The second-order valence-corrected chi connectivity index (χ2v) is 5.91. The first kappa shape index (κ1) is 18.6. The van der Waals surface area contributed by atoms with Gasteiger partial charge in [-0.3, -0.25) is 10.4 Å². The molecule has 0 aliphatic heterocycles. The molecule has 0 amide bonds. The van der Waals surface area contributed by atoms with Gasteiger partial charge in [0.2, 0.25) is 0 Å². The third kappa shape index (κ3) is 6.35. The van der Waals surface area contributed by atoms with Crippen LogP contribution in [0.15, 0.2) is 47.5 Å². The second-order valence-electron chi connectivity index (χ2n) is 5.91. The lowest BCUT2D eigenvalue weighted by molar-refractivity contribution is -0.138. The van der Waals surface area contributed by atoms with Crippen LogP contribution in [-0.4, -0.2) is 42.3 Å². The molecule has 0 unspecified atom stereocenters. The minimum absolute atomic E-state index is 0.149. The highest BCUT2D eigenvalue weighted by Crippen LogP contribution is 2.15. The quantitative estimate of drug-likeness (QED) is 0.302. The first-order chi connectivity index (χ1) is 12.1. The summed E-state index contributed by atoms with van der Waals surface area (Å²) >= 11 is 0. The number of carboxylic acids is 1. The molecular formula is C19H24N4O2. The number of hydrogen-bond acceptors (Lipinski definition) is 4. The Bertz CT molecular complexity index is 758. The summed E-state index contributed by atoms with van der Waals surface area (Å²) in [5.74, 6) is -0.767. The Balaban J connectivity index is 1.87. The molecule has 25 heavy (non-hydrogen) atoms. The highest BCUT2D eigenvalue weighted by atomic mass is 16.4. The van der Waals surface area contributed by atoms with Gasteiger partial charge < -0.3 is 16.2 Å². The van der Waals surface area contributed by atoms with E-state index in [0.29, 0.717) is 32.4 Å². The van der Waals surface area contributed by atoms with Gasteiger partial charge in [0.15, 0.2) is 0 Å². The van der Waals surface area contributed by atoms with Crippen LogP contribution in [0.5, 0.6) is 0 Å². The zero-order valence-electron chi connectivity index (χ0n) is 14.1. The van der Waals surface area contributed by atoms with E-state index in [9.17, 15) is 9.90 Å². The first-order valence-electron chi connectivity index (χ1n) is 8.34. The van der Waals surface area contributed by atoms with E-state index in [1.807, 2.05) is 42.5 Å². The number of nitrogens with two attached hydrogens (primary N) is 1. The molecule has 2 rings (SSSR count). The van der Waals surface area contributed by atoms with Crippen molar-refractivity contribution < 1.29 is 9.90 Å². The Morgan fingerprint density at radius 3 is 2.72 bits per heavy atom. The van der Waals surface area contributed by atoms with Gasteiger partial charge >= 0.3 is 5.97 Å². The number of carbonyl (C=O) groups is 1. The summed E-state index contributed by atoms with van der Waals surface area (Å²) in [4.78, 5) is 15.6. The number of nitrogens with one attached hydrogen (secondary N) is 2. The van der Waals surface area contributed by atoms with E-state index >= 15 is 0 Å². The number of carboxylic acid groups (broad SMARTS) is 1. The molecule has 0 fully saturated rings. The lowest BCUT2D eigenvalue weighted by atomic mass is 10.1. The Labute approximate surface area is 147 Å². The number of fused-ring (bicyclic) bond motifs is 1. The SMILES string of the molecule is N=C(N)CCNCCC[C@H](N=Cc1ccc2ccccc2c1)C(=O)O. The van der Waals surface area contributed by atoms with Gasteiger partial charge in [0.05, 0.1) is 5.84 Å². The van der Waals surface area contributed by atoms with Gasteiger partial charge in [-0.1, -0.05) is 36.4 Å². The number of benzene rings is 2. The minimum atomic E-state index is -0.916. The Morgan fingerprint density at radius 2 is 2.00 bits per heavy atom. The summed E-state index contributed by atoms with van der Waals surface area (Å²) in [6, 6.07) is 13.2. The van der Waals surface area contributed by atoms with Crippen LogP contribution in [0.1, 0.15) is 24.8 Å². The fourth-order valence-corrected chi connectivity index (χ4v) is 2.49. The number of aliphatic carboxylic acids is 1. The monoisotopic (exact) mass is 340 g/mol. The largest absolute Gasteiger partial charge is 0.480 e. The van der Waals surface area contributed by atoms with Gasteiger partial charge in [0.1, 0.15) is 6.04 Å². The van der Waals surface area contributed by atoms with E-state index < -0.39 is 12.0 Å². The van der Waals surface area contributed by atoms with Crippen molar-refractivity contribution in [3.63, 3.8) is 0 Å². The van der Waals surface area contributed by atoms with E-state index in [1.54, 1.807) is 6.21 Å². The van der Waals surface area contributed by atoms with E-state index in [1.165, 1.54) is 0 Å². The summed E-state index contributed by atoms with van der Waals surface area (Å²) in [5, 5.41) is 21.8. The third-order valence-corrected chi connectivity index (χ3v) is 3.86. The highest BCUT2D eigenvalue weighted by Gasteiger charge is 2.14. The van der Waals surface area contributed by atoms with Crippen molar-refractivity contribution >= 4 is 28.8 Å². The summed E-state index contributed by atoms with van der Waals surface area (Å²) in [6.07, 6.45) is 3.30. The van der Waals surface area contributed by atoms with Crippen LogP contribution in [0.25, 0.3) is 10.8 Å². The summed E-state index contributed by atoms with van der Waals surface area (Å²) < 4.78 is 0. The summed E-state index contributed by atoms with van der Waals surface area (Å²) in [7, 11) is 0. The molecule has 0 saturated carbocycles. The van der Waals surface area contributed by atoms with Gasteiger partial charge in [0.25, 0.3) is 0 Å². The molecule has 2 aromatic carbocycles. The van der Waals surface area contributed by atoms with Gasteiger partial charge in [-0.2, -0.15) is 0 Å². The molecule has 6 nitrogen and oxygen atoms in total.